The van der Waals surface area contributed by atoms with Gasteiger partial charge in [0.2, 0.25) is 0 Å². The minimum absolute atomic E-state index is 0.138. The van der Waals surface area contributed by atoms with Gasteiger partial charge in [-0.2, -0.15) is 0 Å². The monoisotopic (exact) mass is 260 g/mol. The van der Waals surface area contributed by atoms with E-state index in [-0.39, 0.29) is 5.91 Å². The lowest BCUT2D eigenvalue weighted by molar-refractivity contribution is 0.0741. The van der Waals surface area contributed by atoms with Crippen molar-refractivity contribution in [2.24, 2.45) is 0 Å². The van der Waals surface area contributed by atoms with Crippen LogP contribution in [-0.2, 0) is 17.7 Å². The molecule has 0 unspecified atom stereocenters. The van der Waals surface area contributed by atoms with Crippen molar-refractivity contribution in [2.45, 2.75) is 19.4 Å². The Morgan fingerprint density at radius 3 is 3.11 bits per heavy atom. The average molecular weight is 260 g/mol. The van der Waals surface area contributed by atoms with Gasteiger partial charge >= 0.3 is 0 Å². The summed E-state index contributed by atoms with van der Waals surface area (Å²) in [6, 6.07) is 6.13. The Balaban J connectivity index is 1.78. The Bertz CT molecular complexity index is 465. The molecule has 0 aliphatic carbocycles. The Hall–Kier alpha value is -1.39. The third kappa shape index (κ3) is 2.80. The molecule has 1 aromatic carbocycles. The zero-order valence-electron chi connectivity index (χ0n) is 11.2. The van der Waals surface area contributed by atoms with Crippen molar-refractivity contribution < 1.29 is 9.53 Å². The van der Waals surface area contributed by atoms with Crippen molar-refractivity contribution in [3.8, 4) is 0 Å². The number of nitrogens with zero attached hydrogens (tertiary/aromatic N) is 1. The molecule has 4 nitrogen and oxygen atoms in total. The first kappa shape index (κ1) is 12.6. The molecule has 2 aliphatic heterocycles. The maximum Gasteiger partial charge on any atom is 0.253 e. The Morgan fingerprint density at radius 2 is 2.16 bits per heavy atom. The van der Waals surface area contributed by atoms with E-state index >= 15 is 0 Å². The van der Waals surface area contributed by atoms with E-state index in [1.54, 1.807) is 0 Å². The van der Waals surface area contributed by atoms with Crippen LogP contribution in [0.3, 0.4) is 0 Å². The molecule has 0 radical (unpaired) electrons. The number of rotatable bonds is 1. The summed E-state index contributed by atoms with van der Waals surface area (Å²) in [5.74, 6) is 0.138. The zero-order chi connectivity index (χ0) is 13.1. The molecule has 0 saturated carbocycles. The van der Waals surface area contributed by atoms with Gasteiger partial charge in [-0.1, -0.05) is 6.07 Å². The summed E-state index contributed by atoms with van der Waals surface area (Å²) in [5, 5.41) is 3.35. The van der Waals surface area contributed by atoms with Gasteiger partial charge in [-0.15, -0.1) is 0 Å². The molecule has 1 fully saturated rings. The Morgan fingerprint density at radius 1 is 1.21 bits per heavy atom. The Labute approximate surface area is 113 Å². The second kappa shape index (κ2) is 5.72. The fourth-order valence-electron chi connectivity index (χ4n) is 2.75. The normalized spacial score (nSPS) is 19.7. The van der Waals surface area contributed by atoms with E-state index in [1.165, 1.54) is 11.1 Å². The van der Waals surface area contributed by atoms with Crippen LogP contribution in [0.5, 0.6) is 0 Å². The summed E-state index contributed by atoms with van der Waals surface area (Å²) >= 11 is 0. The van der Waals surface area contributed by atoms with Crippen LogP contribution in [0.2, 0.25) is 0 Å². The number of benzene rings is 1. The highest BCUT2D eigenvalue weighted by Gasteiger charge is 2.19. The largest absolute Gasteiger partial charge is 0.380 e. The van der Waals surface area contributed by atoms with Gasteiger partial charge in [0.15, 0.2) is 0 Å². The zero-order valence-corrected chi connectivity index (χ0v) is 11.2. The van der Waals surface area contributed by atoms with Crippen LogP contribution in [0.4, 0.5) is 0 Å². The SMILES string of the molecule is O=C(c1ccc2c(c1)CNCC2)N1CCCOCC1. The molecule has 2 aliphatic rings. The highest BCUT2D eigenvalue weighted by atomic mass is 16.5. The number of hydrogen-bond acceptors (Lipinski definition) is 3. The lowest BCUT2D eigenvalue weighted by Crippen LogP contribution is -2.33. The van der Waals surface area contributed by atoms with Gasteiger partial charge in [0.05, 0.1) is 6.61 Å². The maximum atomic E-state index is 12.5. The highest BCUT2D eigenvalue weighted by Crippen LogP contribution is 2.17. The van der Waals surface area contributed by atoms with E-state index in [1.807, 2.05) is 11.0 Å². The van der Waals surface area contributed by atoms with Crippen molar-refractivity contribution in [3.05, 3.63) is 34.9 Å². The van der Waals surface area contributed by atoms with Gasteiger partial charge in [0, 0.05) is 31.8 Å². The topological polar surface area (TPSA) is 41.6 Å². The molecule has 0 spiro atoms. The van der Waals surface area contributed by atoms with Crippen molar-refractivity contribution in [2.75, 3.05) is 32.8 Å². The predicted molar refractivity (Wildman–Crippen MR) is 73.2 cm³/mol. The van der Waals surface area contributed by atoms with Crippen LogP contribution in [0, 0.1) is 0 Å². The number of amides is 1. The lowest BCUT2D eigenvalue weighted by atomic mass is 9.98. The van der Waals surface area contributed by atoms with Gasteiger partial charge in [-0.3, -0.25) is 4.79 Å². The van der Waals surface area contributed by atoms with Gasteiger partial charge in [0.25, 0.3) is 5.91 Å². The lowest BCUT2D eigenvalue weighted by Gasteiger charge is -2.22. The molecule has 0 bridgehead atoms. The summed E-state index contributed by atoms with van der Waals surface area (Å²) in [4.78, 5) is 14.4. The average Bonchev–Trinajstić information content (AvgIpc) is 2.75. The maximum absolute atomic E-state index is 12.5. The molecular formula is C15H20N2O2. The van der Waals surface area contributed by atoms with E-state index in [0.717, 1.165) is 44.6 Å². The first-order valence-corrected chi connectivity index (χ1v) is 7.04. The third-order valence-electron chi connectivity index (χ3n) is 3.85. The molecule has 1 aromatic rings. The molecule has 0 atom stereocenters. The highest BCUT2D eigenvalue weighted by molar-refractivity contribution is 5.94. The molecule has 1 saturated heterocycles. The number of carbonyl (C=O) groups is 1. The first-order chi connectivity index (χ1) is 9.34. The predicted octanol–water partition coefficient (Wildman–Crippen LogP) is 1.19. The van der Waals surface area contributed by atoms with Crippen LogP contribution < -0.4 is 5.32 Å². The van der Waals surface area contributed by atoms with Gasteiger partial charge in [0.1, 0.15) is 0 Å². The Kier molecular flexibility index (Phi) is 3.80. The minimum Gasteiger partial charge on any atom is -0.380 e. The van der Waals surface area contributed by atoms with E-state index in [2.05, 4.69) is 17.4 Å². The fourth-order valence-corrected chi connectivity index (χ4v) is 2.75. The van der Waals surface area contributed by atoms with Gasteiger partial charge < -0.3 is 15.0 Å². The quantitative estimate of drug-likeness (QED) is 0.825. The molecule has 0 aromatic heterocycles. The smallest absolute Gasteiger partial charge is 0.253 e. The summed E-state index contributed by atoms with van der Waals surface area (Å²) in [5.41, 5.74) is 3.45. The fraction of sp³-hybridized carbons (Fsp3) is 0.533. The number of fused-ring (bicyclic) bond motifs is 1. The summed E-state index contributed by atoms with van der Waals surface area (Å²) in [6.45, 7) is 4.82. The minimum atomic E-state index is 0.138. The third-order valence-corrected chi connectivity index (χ3v) is 3.85. The molecule has 4 heteroatoms. The molecule has 2 heterocycles. The van der Waals surface area contributed by atoms with Crippen molar-refractivity contribution >= 4 is 5.91 Å². The summed E-state index contributed by atoms with van der Waals surface area (Å²) in [7, 11) is 0. The molecule has 1 N–H and O–H groups in total. The number of ether oxygens (including phenoxy) is 1. The van der Waals surface area contributed by atoms with Crippen molar-refractivity contribution in [3.63, 3.8) is 0 Å². The molecule has 19 heavy (non-hydrogen) atoms. The second-order valence-electron chi connectivity index (χ2n) is 5.17. The van der Waals surface area contributed by atoms with E-state index in [9.17, 15) is 4.79 Å². The van der Waals surface area contributed by atoms with Crippen molar-refractivity contribution in [1.82, 2.24) is 10.2 Å². The van der Waals surface area contributed by atoms with Crippen LogP contribution in [0.1, 0.15) is 27.9 Å². The molecule has 3 rings (SSSR count). The van der Waals surface area contributed by atoms with Crippen LogP contribution in [-0.4, -0.2) is 43.7 Å². The summed E-state index contributed by atoms with van der Waals surface area (Å²) < 4.78 is 5.40. The number of carbonyl (C=O) groups excluding carboxylic acids is 1. The van der Waals surface area contributed by atoms with Crippen LogP contribution in [0.25, 0.3) is 0 Å². The van der Waals surface area contributed by atoms with E-state index in [0.29, 0.717) is 13.2 Å². The molecular weight excluding hydrogens is 240 g/mol. The van der Waals surface area contributed by atoms with E-state index < -0.39 is 0 Å². The van der Waals surface area contributed by atoms with Gasteiger partial charge in [-0.05, 0) is 42.6 Å². The van der Waals surface area contributed by atoms with Crippen LogP contribution in [0.15, 0.2) is 18.2 Å². The van der Waals surface area contributed by atoms with E-state index in [4.69, 9.17) is 4.74 Å². The molecule has 1 amide bonds. The van der Waals surface area contributed by atoms with Gasteiger partial charge in [-0.25, -0.2) is 0 Å². The standard InChI is InChI=1S/C15H20N2O2/c18-15(17-6-1-8-19-9-7-17)13-3-2-12-4-5-16-11-14(12)10-13/h2-3,10,16H,1,4-9,11H2. The second-order valence-corrected chi connectivity index (χ2v) is 5.17. The number of hydrogen-bond donors (Lipinski definition) is 1. The summed E-state index contributed by atoms with van der Waals surface area (Å²) in [6.07, 6.45) is 1.99. The molecule has 102 valence electrons. The van der Waals surface area contributed by atoms with Crippen molar-refractivity contribution in [1.29, 1.82) is 0 Å². The number of nitrogens with one attached hydrogen (secondary N) is 1. The van der Waals surface area contributed by atoms with Crippen LogP contribution >= 0.6 is 0 Å². The first-order valence-electron chi connectivity index (χ1n) is 7.04.